The number of hydrogen-bond donors (Lipinski definition) is 4. The minimum absolute atomic E-state index is 0.113. The van der Waals surface area contributed by atoms with Gasteiger partial charge in [-0.25, -0.2) is 4.79 Å². The van der Waals surface area contributed by atoms with E-state index in [1.165, 1.54) is 21.1 Å². The van der Waals surface area contributed by atoms with Crippen LogP contribution in [-0.2, 0) is 19.1 Å². The summed E-state index contributed by atoms with van der Waals surface area (Å²) < 4.78 is 10.4. The molecule has 0 aromatic heterocycles. The minimum atomic E-state index is -1.11. The van der Waals surface area contributed by atoms with Crippen LogP contribution in [0.2, 0.25) is 0 Å². The fourth-order valence-corrected chi connectivity index (χ4v) is 3.24. The normalized spacial score (nSPS) is 12.9. The van der Waals surface area contributed by atoms with E-state index in [0.29, 0.717) is 23.3 Å². The molecular weight excluding hydrogens is 494 g/mol. The van der Waals surface area contributed by atoms with Crippen molar-refractivity contribution in [1.82, 2.24) is 21.3 Å². The highest BCUT2D eigenvalue weighted by Gasteiger charge is 2.29. The summed E-state index contributed by atoms with van der Waals surface area (Å²) >= 11 is 0. The molecule has 38 heavy (non-hydrogen) atoms. The van der Waals surface area contributed by atoms with Crippen molar-refractivity contribution in [2.45, 2.75) is 64.3 Å². The van der Waals surface area contributed by atoms with Gasteiger partial charge in [0.1, 0.15) is 29.5 Å². The number of benzene rings is 1. The lowest BCUT2D eigenvalue weighted by molar-refractivity contribution is -0.132. The Hall–Kier alpha value is -4.43. The molecule has 1 aromatic carbocycles. The van der Waals surface area contributed by atoms with Gasteiger partial charge in [0, 0.05) is 18.5 Å². The lowest BCUT2D eigenvalue weighted by atomic mass is 10.0. The summed E-state index contributed by atoms with van der Waals surface area (Å²) in [7, 11) is 2.88. The van der Waals surface area contributed by atoms with Gasteiger partial charge in [0.25, 0.3) is 0 Å². The number of rotatable bonds is 12. The van der Waals surface area contributed by atoms with Crippen LogP contribution in [-0.4, -0.2) is 62.2 Å². The van der Waals surface area contributed by atoms with Crippen LogP contribution in [0.15, 0.2) is 23.3 Å². The molecule has 13 heteroatoms. The Bertz CT molecular complexity index is 1100. The number of nitrogens with zero attached hydrogens (tertiary/aromatic N) is 3. The molecule has 3 atom stereocenters. The molecule has 0 fully saturated rings. The van der Waals surface area contributed by atoms with Gasteiger partial charge in [-0.05, 0) is 63.8 Å². The first-order valence-electron chi connectivity index (χ1n) is 11.8. The Kier molecular flexibility index (Phi) is 12.4. The maximum Gasteiger partial charge on any atom is 0.408 e. The average Bonchev–Trinajstić information content (AvgIpc) is 2.86. The first kappa shape index (κ1) is 31.6. The summed E-state index contributed by atoms with van der Waals surface area (Å²) in [6, 6.07) is 1.47. The smallest absolute Gasteiger partial charge is 0.408 e. The lowest BCUT2D eigenvalue weighted by Gasteiger charge is -2.25. The van der Waals surface area contributed by atoms with Crippen LogP contribution in [0, 0.1) is 12.3 Å². The number of alkyl carbamates (subject to hydrolysis) is 1. The summed E-state index contributed by atoms with van der Waals surface area (Å²) in [5.41, 5.74) is 8.47. The SMILES string of the molecule is C#Cc1cc([C@H](NC(=O)[C@@H](C)NC(=O)[C@H](CCCN=[N+]=[N-])NC(=O)OC(C)(C)C)C(=O)NC)ccc1OC. The number of carbonyl (C=O) groups is 4. The maximum atomic E-state index is 13.0. The Morgan fingerprint density at radius 3 is 2.37 bits per heavy atom. The van der Waals surface area contributed by atoms with E-state index in [-0.39, 0.29) is 13.0 Å². The predicted octanol–water partition coefficient (Wildman–Crippen LogP) is 2.07. The molecule has 13 nitrogen and oxygen atoms in total. The lowest BCUT2D eigenvalue weighted by Crippen LogP contribution is -2.54. The number of amides is 4. The molecule has 0 saturated heterocycles. The van der Waals surface area contributed by atoms with E-state index >= 15 is 0 Å². The van der Waals surface area contributed by atoms with Gasteiger partial charge in [-0.3, -0.25) is 14.4 Å². The monoisotopic (exact) mass is 529 g/mol. The van der Waals surface area contributed by atoms with Crippen molar-refractivity contribution in [1.29, 1.82) is 0 Å². The van der Waals surface area contributed by atoms with Crippen molar-refractivity contribution in [3.63, 3.8) is 0 Å². The number of methoxy groups -OCH3 is 1. The van der Waals surface area contributed by atoms with E-state index in [4.69, 9.17) is 21.4 Å². The fraction of sp³-hybridized carbons (Fsp3) is 0.520. The van der Waals surface area contributed by atoms with Crippen molar-refractivity contribution in [3.8, 4) is 18.1 Å². The number of hydrogen-bond acceptors (Lipinski definition) is 7. The van der Waals surface area contributed by atoms with Gasteiger partial charge in [0.15, 0.2) is 0 Å². The van der Waals surface area contributed by atoms with E-state index in [1.807, 2.05) is 0 Å². The van der Waals surface area contributed by atoms with E-state index in [2.05, 4.69) is 37.2 Å². The highest BCUT2D eigenvalue weighted by Crippen LogP contribution is 2.23. The molecule has 0 heterocycles. The summed E-state index contributed by atoms with van der Waals surface area (Å²) in [6.07, 6.45) is 5.13. The highest BCUT2D eigenvalue weighted by molar-refractivity contribution is 5.94. The van der Waals surface area contributed by atoms with Crippen LogP contribution in [0.1, 0.15) is 57.7 Å². The van der Waals surface area contributed by atoms with Gasteiger partial charge in [-0.1, -0.05) is 17.1 Å². The first-order chi connectivity index (χ1) is 17.9. The zero-order chi connectivity index (χ0) is 28.9. The standard InChI is InChI=1S/C25H35N7O6/c1-8-16-14-17(11-12-19(16)37-7)20(23(35)27-6)31-21(33)15(2)29-22(34)18(10-9-13-28-32-26)30-24(36)38-25(3,4)5/h1,11-12,14-15,18,20H,9-10,13H2,2-7H3,(H,27,35)(H,29,34)(H,30,36)(H,31,33)/t15-,18+,20+/m1/s1. The van der Waals surface area contributed by atoms with Crippen LogP contribution in [0.5, 0.6) is 5.75 Å². The Morgan fingerprint density at radius 2 is 1.82 bits per heavy atom. The number of ether oxygens (including phenoxy) is 2. The molecule has 0 aliphatic rings. The number of nitrogens with one attached hydrogen (secondary N) is 4. The minimum Gasteiger partial charge on any atom is -0.495 e. The quantitative estimate of drug-likeness (QED) is 0.106. The molecule has 4 N–H and O–H groups in total. The van der Waals surface area contributed by atoms with Crippen LogP contribution in [0.4, 0.5) is 4.79 Å². The molecule has 4 amide bonds. The van der Waals surface area contributed by atoms with Gasteiger partial charge >= 0.3 is 6.09 Å². The molecular formula is C25H35N7O6. The second-order valence-corrected chi connectivity index (χ2v) is 9.19. The van der Waals surface area contributed by atoms with Gasteiger partial charge < -0.3 is 30.7 Å². The van der Waals surface area contributed by atoms with E-state index < -0.39 is 47.5 Å². The maximum absolute atomic E-state index is 13.0. The van der Waals surface area contributed by atoms with Crippen molar-refractivity contribution >= 4 is 23.8 Å². The molecule has 0 aliphatic carbocycles. The molecule has 206 valence electrons. The Morgan fingerprint density at radius 1 is 1.13 bits per heavy atom. The van der Waals surface area contributed by atoms with Crippen molar-refractivity contribution in [2.24, 2.45) is 5.11 Å². The summed E-state index contributed by atoms with van der Waals surface area (Å²) in [5.74, 6) is 1.08. The molecule has 0 spiro atoms. The van der Waals surface area contributed by atoms with Crippen molar-refractivity contribution in [2.75, 3.05) is 20.7 Å². The number of terminal acetylenes is 1. The molecule has 0 bridgehead atoms. The zero-order valence-corrected chi connectivity index (χ0v) is 22.5. The van der Waals surface area contributed by atoms with E-state index in [0.717, 1.165) is 0 Å². The molecule has 1 aromatic rings. The van der Waals surface area contributed by atoms with Gasteiger partial charge in [0.05, 0.1) is 12.7 Å². The molecule has 1 rings (SSSR count). The number of azide groups is 1. The number of likely N-dealkylation sites (N-methyl/N-ethyl adjacent to an activating group) is 1. The second-order valence-electron chi connectivity index (χ2n) is 9.19. The summed E-state index contributed by atoms with van der Waals surface area (Å²) in [4.78, 5) is 53.4. The Labute approximate surface area is 222 Å². The third kappa shape index (κ3) is 10.3. The predicted molar refractivity (Wildman–Crippen MR) is 140 cm³/mol. The first-order valence-corrected chi connectivity index (χ1v) is 11.8. The van der Waals surface area contributed by atoms with Gasteiger partial charge in [-0.2, -0.15) is 0 Å². The van der Waals surface area contributed by atoms with Crippen LogP contribution < -0.4 is 26.0 Å². The largest absolute Gasteiger partial charge is 0.495 e. The van der Waals surface area contributed by atoms with Gasteiger partial charge in [0.2, 0.25) is 17.7 Å². The van der Waals surface area contributed by atoms with Gasteiger partial charge in [-0.15, -0.1) is 6.42 Å². The molecule has 0 radical (unpaired) electrons. The molecule has 0 saturated carbocycles. The van der Waals surface area contributed by atoms with E-state index in [1.54, 1.807) is 39.0 Å². The molecule has 0 aliphatic heterocycles. The van der Waals surface area contributed by atoms with E-state index in [9.17, 15) is 19.2 Å². The third-order valence-corrected chi connectivity index (χ3v) is 5.08. The van der Waals surface area contributed by atoms with Crippen LogP contribution >= 0.6 is 0 Å². The zero-order valence-electron chi connectivity index (χ0n) is 22.5. The van der Waals surface area contributed by atoms with Crippen LogP contribution in [0.25, 0.3) is 10.4 Å². The van der Waals surface area contributed by atoms with Crippen molar-refractivity contribution < 1.29 is 28.7 Å². The van der Waals surface area contributed by atoms with Crippen molar-refractivity contribution in [3.05, 3.63) is 39.8 Å². The third-order valence-electron chi connectivity index (χ3n) is 5.08. The molecule has 0 unspecified atom stereocenters. The second kappa shape index (κ2) is 15.0. The highest BCUT2D eigenvalue weighted by atomic mass is 16.6. The Balaban J connectivity index is 3.02. The fourth-order valence-electron chi connectivity index (χ4n) is 3.24. The summed E-state index contributed by atoms with van der Waals surface area (Å²) in [6.45, 7) is 6.57. The topological polar surface area (TPSA) is 184 Å². The number of carbonyl (C=O) groups excluding carboxylic acids is 4. The average molecular weight is 530 g/mol. The summed E-state index contributed by atoms with van der Waals surface area (Å²) in [5, 5.41) is 13.5. The van der Waals surface area contributed by atoms with Crippen LogP contribution in [0.3, 0.4) is 0 Å².